The van der Waals surface area contributed by atoms with E-state index in [4.69, 9.17) is 99.4 Å². The molecule has 4 aliphatic heterocycles. The molecule has 0 fully saturated rings. The zero-order valence-electron chi connectivity index (χ0n) is 26.4. The van der Waals surface area contributed by atoms with Gasteiger partial charge in [0.1, 0.15) is 0 Å². The van der Waals surface area contributed by atoms with Gasteiger partial charge >= 0.3 is 23.9 Å². The van der Waals surface area contributed by atoms with E-state index in [1.54, 1.807) is 0 Å². The number of thiocarbonyl (C=S) groups is 4. The smallest absolute Gasteiger partial charge is 0.411 e. The van der Waals surface area contributed by atoms with Gasteiger partial charge < -0.3 is 119 Å². The van der Waals surface area contributed by atoms with Gasteiger partial charge in [0, 0.05) is 48.9 Å². The van der Waals surface area contributed by atoms with Crippen LogP contribution in [0.3, 0.4) is 0 Å². The summed E-state index contributed by atoms with van der Waals surface area (Å²) < 4.78 is 2.22. The van der Waals surface area contributed by atoms with Crippen LogP contribution < -0.4 is 19.6 Å². The van der Waals surface area contributed by atoms with Crippen molar-refractivity contribution in [1.29, 1.82) is 0 Å². The van der Waals surface area contributed by atoms with Crippen molar-refractivity contribution < 1.29 is 0 Å². The Morgan fingerprint density at radius 2 is 0.551 bits per heavy atom. The number of rotatable bonds is 0. The van der Waals surface area contributed by atoms with E-state index in [0.29, 0.717) is 17.3 Å². The Balaban J connectivity index is 0.000000146. The van der Waals surface area contributed by atoms with Gasteiger partial charge in [-0.3, -0.25) is 0 Å². The molecule has 0 radical (unpaired) electrons. The SMILES string of the molecule is S=C([S-])N1CCc2ccccc21.S=C([S-])N1CCc2ccccc21.S=C([S-])N1CCc2ccccc21.S=C([S-])N1CCc2ccccc21.[Sn+4]. The van der Waals surface area contributed by atoms with Gasteiger partial charge in [-0.25, -0.2) is 0 Å². The van der Waals surface area contributed by atoms with Crippen LogP contribution in [-0.4, -0.2) is 67.4 Å². The molecule has 4 aromatic carbocycles. The largest absolute Gasteiger partial charge is 4.00 e. The summed E-state index contributed by atoms with van der Waals surface area (Å²) in [5, 5.41) is 0. The molecule has 8 rings (SSSR count). The van der Waals surface area contributed by atoms with E-state index in [0.717, 1.165) is 51.9 Å². The first-order chi connectivity index (χ1) is 23.2. The van der Waals surface area contributed by atoms with E-state index >= 15 is 0 Å². The maximum Gasteiger partial charge on any atom is 4.00 e. The Kier molecular flexibility index (Phi) is 15.5. The third kappa shape index (κ3) is 10.1. The van der Waals surface area contributed by atoms with Crippen molar-refractivity contribution in [3.63, 3.8) is 0 Å². The molecule has 0 aliphatic carbocycles. The molecular formula is C36H32N4S8Sn. The number of hydrogen-bond donors (Lipinski definition) is 0. The van der Waals surface area contributed by atoms with E-state index in [1.165, 1.54) is 45.0 Å². The summed E-state index contributed by atoms with van der Waals surface area (Å²) in [5.74, 6) is 0. The fraction of sp³-hybridized carbons (Fsp3) is 0.222. The monoisotopic (exact) mass is 896 g/mol. The summed E-state index contributed by atoms with van der Waals surface area (Å²) in [5.41, 5.74) is 10.2. The molecule has 0 spiro atoms. The van der Waals surface area contributed by atoms with Crippen molar-refractivity contribution in [2.45, 2.75) is 25.7 Å². The Morgan fingerprint density at radius 1 is 0.367 bits per heavy atom. The van der Waals surface area contributed by atoms with Crippen LogP contribution in [0.2, 0.25) is 0 Å². The average molecular weight is 896 g/mol. The van der Waals surface area contributed by atoms with E-state index < -0.39 is 0 Å². The summed E-state index contributed by atoms with van der Waals surface area (Å²) >= 11 is 39.8. The molecule has 4 heterocycles. The molecule has 0 saturated carbocycles. The van der Waals surface area contributed by atoms with Crippen LogP contribution in [0.1, 0.15) is 22.3 Å². The molecule has 248 valence electrons. The normalized spacial score (nSPS) is 14.2. The summed E-state index contributed by atoms with van der Waals surface area (Å²) in [4.78, 5) is 8.06. The fourth-order valence-corrected chi connectivity index (χ4v) is 7.63. The molecule has 0 atom stereocenters. The van der Waals surface area contributed by atoms with Crippen LogP contribution in [0.15, 0.2) is 97.1 Å². The Bertz CT molecular complexity index is 1560. The van der Waals surface area contributed by atoms with E-state index in [2.05, 4.69) is 72.8 Å². The summed E-state index contributed by atoms with van der Waals surface area (Å²) in [6.07, 6.45) is 4.25. The van der Waals surface area contributed by atoms with Crippen LogP contribution in [0.5, 0.6) is 0 Å². The maximum absolute atomic E-state index is 4.97. The number of nitrogens with zero attached hydrogens (tertiary/aromatic N) is 4. The van der Waals surface area contributed by atoms with E-state index in [-0.39, 0.29) is 23.9 Å². The Hall–Kier alpha value is -1.88. The first-order valence-electron chi connectivity index (χ1n) is 15.4. The number of fused-ring (bicyclic) bond motifs is 4. The maximum atomic E-state index is 4.97. The second-order valence-corrected chi connectivity index (χ2v) is 15.3. The zero-order valence-corrected chi connectivity index (χ0v) is 35.8. The van der Waals surface area contributed by atoms with Crippen molar-refractivity contribution in [3.8, 4) is 0 Å². The van der Waals surface area contributed by atoms with Gasteiger partial charge in [0.25, 0.3) is 0 Å². The van der Waals surface area contributed by atoms with Gasteiger partial charge in [0.05, 0.1) is 0 Å². The predicted octanol–water partition coefficient (Wildman–Crippen LogP) is 7.14. The molecule has 0 aromatic heterocycles. The zero-order chi connectivity index (χ0) is 34.2. The molecule has 4 aromatic rings. The Labute approximate surface area is 350 Å². The molecule has 0 amide bonds. The minimum Gasteiger partial charge on any atom is -0.411 e. The average Bonchev–Trinajstić information content (AvgIpc) is 3.89. The van der Waals surface area contributed by atoms with Crippen molar-refractivity contribution in [2.24, 2.45) is 0 Å². The van der Waals surface area contributed by atoms with Crippen LogP contribution in [0, 0.1) is 0 Å². The standard InChI is InChI=1S/4C9H9NS2.Sn/c4*11-9(12)10-6-5-7-3-1-2-4-8(7)10;/h4*1-4H,5-6H2,(H,11,12);/q;;;;+4/p-4. The van der Waals surface area contributed by atoms with Gasteiger partial charge in [0.2, 0.25) is 0 Å². The molecule has 0 unspecified atom stereocenters. The van der Waals surface area contributed by atoms with Gasteiger partial charge in [0.15, 0.2) is 0 Å². The Morgan fingerprint density at radius 3 is 0.735 bits per heavy atom. The van der Waals surface area contributed by atoms with Crippen molar-refractivity contribution in [2.75, 3.05) is 45.8 Å². The molecule has 0 bridgehead atoms. The fourth-order valence-electron chi connectivity index (χ4n) is 6.11. The first kappa shape index (κ1) is 39.9. The predicted molar refractivity (Wildman–Crippen MR) is 236 cm³/mol. The van der Waals surface area contributed by atoms with Gasteiger partial charge in [-0.05, 0) is 72.2 Å². The molecule has 4 aliphatic rings. The minimum absolute atomic E-state index is 0. The van der Waals surface area contributed by atoms with Gasteiger partial charge in [-0.2, -0.15) is 0 Å². The van der Waals surface area contributed by atoms with Crippen molar-refractivity contribution in [3.05, 3.63) is 119 Å². The number of benzene rings is 4. The number of anilines is 4. The van der Waals surface area contributed by atoms with Gasteiger partial charge in [-0.1, -0.05) is 90.1 Å². The summed E-state index contributed by atoms with van der Waals surface area (Å²) in [6.45, 7) is 3.78. The van der Waals surface area contributed by atoms with Crippen LogP contribution in [-0.2, 0) is 76.2 Å². The first-order valence-corrected chi connectivity index (χ1v) is 18.7. The minimum atomic E-state index is 0. The van der Waals surface area contributed by atoms with E-state index in [9.17, 15) is 0 Å². The molecular weight excluding hydrogens is 864 g/mol. The quantitative estimate of drug-likeness (QED) is 0.101. The van der Waals surface area contributed by atoms with Crippen LogP contribution in [0.25, 0.3) is 0 Å². The molecule has 13 heteroatoms. The van der Waals surface area contributed by atoms with Crippen molar-refractivity contribution in [1.82, 2.24) is 0 Å². The number of para-hydroxylation sites is 4. The topological polar surface area (TPSA) is 13.0 Å². The van der Waals surface area contributed by atoms with Crippen molar-refractivity contribution >= 4 is 163 Å². The van der Waals surface area contributed by atoms with Crippen LogP contribution >= 0.6 is 48.9 Å². The third-order valence-electron chi connectivity index (χ3n) is 8.43. The summed E-state index contributed by atoms with van der Waals surface area (Å²) in [6, 6.07) is 33.1. The molecule has 0 saturated heterocycles. The third-order valence-corrected chi connectivity index (χ3v) is 10.2. The number of hydrogen-bond acceptors (Lipinski definition) is 8. The molecule has 0 N–H and O–H groups in total. The molecule has 49 heavy (non-hydrogen) atoms. The van der Waals surface area contributed by atoms with E-state index in [1.807, 2.05) is 43.9 Å². The summed E-state index contributed by atoms with van der Waals surface area (Å²) in [7, 11) is 0. The van der Waals surface area contributed by atoms with Gasteiger partial charge in [-0.15, -0.1) is 0 Å². The molecule has 4 nitrogen and oxygen atoms in total. The second-order valence-electron chi connectivity index (χ2n) is 11.2. The van der Waals surface area contributed by atoms with Crippen LogP contribution in [0.4, 0.5) is 22.7 Å². The second kappa shape index (κ2) is 19.1.